The molecule has 1 aliphatic heterocycles. The smallest absolute Gasteiger partial charge is 0.269 e. The van der Waals surface area contributed by atoms with Crippen molar-refractivity contribution in [3.63, 3.8) is 0 Å². The van der Waals surface area contributed by atoms with E-state index in [-0.39, 0.29) is 16.5 Å². The molecule has 37 heavy (non-hydrogen) atoms. The van der Waals surface area contributed by atoms with Gasteiger partial charge >= 0.3 is 0 Å². The van der Waals surface area contributed by atoms with Crippen LogP contribution < -0.4 is 10.2 Å². The van der Waals surface area contributed by atoms with Crippen LogP contribution in [0.25, 0.3) is 0 Å². The summed E-state index contributed by atoms with van der Waals surface area (Å²) in [6.45, 7) is 2.17. The molecule has 0 saturated carbocycles. The van der Waals surface area contributed by atoms with Gasteiger partial charge in [0.05, 0.1) is 16.0 Å². The number of rotatable bonds is 8. The van der Waals surface area contributed by atoms with E-state index in [2.05, 4.69) is 24.4 Å². The van der Waals surface area contributed by atoms with Crippen LogP contribution in [0.2, 0.25) is 10.0 Å². The molecule has 0 spiro atoms. The molecule has 1 N–H and O–H groups in total. The number of carbonyl (C=O) groups excluding carboxylic acids is 2. The Hall–Kier alpha value is -3.24. The van der Waals surface area contributed by atoms with Crippen LogP contribution in [-0.4, -0.2) is 17.1 Å². The van der Waals surface area contributed by atoms with Gasteiger partial charge in [-0.25, -0.2) is 0 Å². The Morgan fingerprint density at radius 1 is 1.05 bits per heavy atom. The van der Waals surface area contributed by atoms with Gasteiger partial charge in [-0.15, -0.1) is 0 Å². The number of thioether (sulfide) groups is 1. The third-order valence-electron chi connectivity index (χ3n) is 5.96. The van der Waals surface area contributed by atoms with Crippen LogP contribution in [-0.2, 0) is 22.4 Å². The third kappa shape index (κ3) is 6.37. The van der Waals surface area contributed by atoms with Crippen molar-refractivity contribution < 1.29 is 9.59 Å². The highest BCUT2D eigenvalue weighted by molar-refractivity contribution is 8.05. The Labute approximate surface area is 231 Å². The maximum Gasteiger partial charge on any atom is 0.269 e. The molecule has 0 radical (unpaired) electrons. The van der Waals surface area contributed by atoms with Crippen LogP contribution >= 0.6 is 35.0 Å². The SMILES string of the molecule is CCCCc1ccc(C[C@@H]2S/C(=C(/C#N)C(=O)Nc3ccc(Cl)cc3Cl)N(c3ccccc3)C2=O)cc1. The molecule has 0 aromatic heterocycles. The number of halogens is 2. The molecule has 1 aliphatic rings. The van der Waals surface area contributed by atoms with Gasteiger partial charge in [-0.2, -0.15) is 5.26 Å². The average Bonchev–Trinajstić information content (AvgIpc) is 3.21. The first-order valence-electron chi connectivity index (χ1n) is 12.0. The number of nitrogens with zero attached hydrogens (tertiary/aromatic N) is 2. The van der Waals surface area contributed by atoms with Crippen molar-refractivity contribution in [1.29, 1.82) is 5.26 Å². The molecule has 2 amide bonds. The summed E-state index contributed by atoms with van der Waals surface area (Å²) >= 11 is 13.4. The Balaban J connectivity index is 1.65. The number of amides is 2. The van der Waals surface area contributed by atoms with E-state index in [1.54, 1.807) is 24.3 Å². The third-order valence-corrected chi connectivity index (χ3v) is 7.77. The number of aryl methyl sites for hydroxylation is 1. The molecule has 1 heterocycles. The molecule has 4 rings (SSSR count). The predicted octanol–water partition coefficient (Wildman–Crippen LogP) is 7.40. The lowest BCUT2D eigenvalue weighted by Gasteiger charge is -2.18. The topological polar surface area (TPSA) is 73.2 Å². The molecule has 3 aromatic rings. The Bertz CT molecular complexity index is 1370. The molecule has 1 saturated heterocycles. The zero-order valence-corrected chi connectivity index (χ0v) is 22.5. The second-order valence-corrected chi connectivity index (χ2v) is 10.6. The number of anilines is 2. The molecule has 8 heteroatoms. The summed E-state index contributed by atoms with van der Waals surface area (Å²) in [4.78, 5) is 28.3. The first-order chi connectivity index (χ1) is 17.9. The van der Waals surface area contributed by atoms with E-state index in [9.17, 15) is 14.9 Å². The maximum absolute atomic E-state index is 13.6. The minimum Gasteiger partial charge on any atom is -0.320 e. The van der Waals surface area contributed by atoms with Crippen LogP contribution in [0.1, 0.15) is 30.9 Å². The molecule has 0 unspecified atom stereocenters. The number of carbonyl (C=O) groups is 2. The minimum absolute atomic E-state index is 0.161. The fraction of sp³-hybridized carbons (Fsp3) is 0.207. The number of nitrogens with one attached hydrogen (secondary N) is 1. The highest BCUT2D eigenvalue weighted by atomic mass is 35.5. The number of benzene rings is 3. The summed E-state index contributed by atoms with van der Waals surface area (Å²) in [6, 6.07) is 24.0. The number of nitriles is 1. The molecular weight excluding hydrogens is 525 g/mol. The molecule has 1 fully saturated rings. The van der Waals surface area contributed by atoms with Crippen molar-refractivity contribution in [3.05, 3.63) is 105 Å². The van der Waals surface area contributed by atoms with Gasteiger partial charge in [0.25, 0.3) is 5.91 Å². The average molecular weight is 551 g/mol. The Morgan fingerprint density at radius 3 is 2.41 bits per heavy atom. The lowest BCUT2D eigenvalue weighted by molar-refractivity contribution is -0.117. The fourth-order valence-electron chi connectivity index (χ4n) is 4.01. The standard InChI is InChI=1S/C29H25Cl2N3O2S/c1-2-3-7-19-10-12-20(13-11-19)16-26-28(36)34(22-8-5-4-6-9-22)29(37-26)23(18-32)27(35)33-25-15-14-21(30)17-24(25)31/h4-6,8-15,17,26H,2-3,7,16H2,1H3,(H,33,35)/b29-23-/t26-/m0/s1. The van der Waals surface area contributed by atoms with E-state index in [0.717, 1.165) is 24.8 Å². The van der Waals surface area contributed by atoms with Gasteiger partial charge in [-0.05, 0) is 60.7 Å². The molecular formula is C29H25Cl2N3O2S. The summed E-state index contributed by atoms with van der Waals surface area (Å²) in [7, 11) is 0. The molecule has 0 aliphatic carbocycles. The number of hydrogen-bond acceptors (Lipinski definition) is 4. The van der Waals surface area contributed by atoms with Crippen LogP contribution in [0, 0.1) is 11.3 Å². The quantitative estimate of drug-likeness (QED) is 0.234. The van der Waals surface area contributed by atoms with Gasteiger partial charge in [-0.1, -0.05) is 90.8 Å². The summed E-state index contributed by atoms with van der Waals surface area (Å²) < 4.78 is 0. The molecule has 3 aromatic carbocycles. The van der Waals surface area contributed by atoms with Crippen LogP contribution in [0.15, 0.2) is 83.4 Å². The van der Waals surface area contributed by atoms with Gasteiger partial charge in [0.2, 0.25) is 5.91 Å². The maximum atomic E-state index is 13.6. The van der Waals surface area contributed by atoms with Crippen LogP contribution in [0.3, 0.4) is 0 Å². The van der Waals surface area contributed by atoms with Gasteiger partial charge in [0, 0.05) is 10.7 Å². The van der Waals surface area contributed by atoms with Crippen molar-refractivity contribution in [1.82, 2.24) is 0 Å². The molecule has 188 valence electrons. The largest absolute Gasteiger partial charge is 0.320 e. The normalized spacial score (nSPS) is 16.4. The van der Waals surface area contributed by atoms with Gasteiger partial charge in [0.1, 0.15) is 16.7 Å². The van der Waals surface area contributed by atoms with E-state index in [1.807, 2.05) is 36.4 Å². The molecule has 5 nitrogen and oxygen atoms in total. The van der Waals surface area contributed by atoms with Crippen molar-refractivity contribution >= 4 is 58.2 Å². The lowest BCUT2D eigenvalue weighted by Crippen LogP contribution is -2.30. The Kier molecular flexibility index (Phi) is 8.94. The van der Waals surface area contributed by atoms with Crippen molar-refractivity contribution in [3.8, 4) is 6.07 Å². The first kappa shape index (κ1) is 26.8. The van der Waals surface area contributed by atoms with E-state index in [1.165, 1.54) is 28.3 Å². The zero-order chi connectivity index (χ0) is 26.4. The van der Waals surface area contributed by atoms with E-state index >= 15 is 0 Å². The van der Waals surface area contributed by atoms with Gasteiger partial charge in [0.15, 0.2) is 0 Å². The van der Waals surface area contributed by atoms with Crippen molar-refractivity contribution in [2.24, 2.45) is 0 Å². The second-order valence-electron chi connectivity index (χ2n) is 8.61. The summed E-state index contributed by atoms with van der Waals surface area (Å²) in [5.41, 5.74) is 3.05. The monoisotopic (exact) mass is 549 g/mol. The highest BCUT2D eigenvalue weighted by Crippen LogP contribution is 2.42. The second kappa shape index (κ2) is 12.3. The minimum atomic E-state index is -0.649. The van der Waals surface area contributed by atoms with E-state index < -0.39 is 11.2 Å². The number of unbranched alkanes of at least 4 members (excludes halogenated alkanes) is 1. The highest BCUT2D eigenvalue weighted by Gasteiger charge is 2.40. The summed E-state index contributed by atoms with van der Waals surface area (Å²) in [5, 5.41) is 13.2. The molecule has 1 atom stereocenters. The van der Waals surface area contributed by atoms with Gasteiger partial charge < -0.3 is 5.32 Å². The predicted molar refractivity (Wildman–Crippen MR) is 152 cm³/mol. The van der Waals surface area contributed by atoms with E-state index in [4.69, 9.17) is 23.2 Å². The molecule has 0 bridgehead atoms. The number of para-hydroxylation sites is 1. The zero-order valence-electron chi connectivity index (χ0n) is 20.2. The fourth-order valence-corrected chi connectivity index (χ4v) is 5.78. The summed E-state index contributed by atoms with van der Waals surface area (Å²) in [5.74, 6) is -0.824. The van der Waals surface area contributed by atoms with Crippen molar-refractivity contribution in [2.45, 2.75) is 37.9 Å². The first-order valence-corrected chi connectivity index (χ1v) is 13.6. The van der Waals surface area contributed by atoms with Crippen LogP contribution in [0.4, 0.5) is 11.4 Å². The van der Waals surface area contributed by atoms with Crippen molar-refractivity contribution in [2.75, 3.05) is 10.2 Å². The van der Waals surface area contributed by atoms with Crippen LogP contribution in [0.5, 0.6) is 0 Å². The summed E-state index contributed by atoms with van der Waals surface area (Å²) in [6.07, 6.45) is 3.78. The Morgan fingerprint density at radius 2 is 1.76 bits per heavy atom. The van der Waals surface area contributed by atoms with E-state index in [0.29, 0.717) is 27.8 Å². The number of hydrogen-bond donors (Lipinski definition) is 1. The lowest BCUT2D eigenvalue weighted by atomic mass is 10.0. The van der Waals surface area contributed by atoms with Gasteiger partial charge in [-0.3, -0.25) is 14.5 Å².